The van der Waals surface area contributed by atoms with Crippen molar-refractivity contribution in [2.45, 2.75) is 44.6 Å². The number of fused-ring (bicyclic) bond motifs is 1. The second-order valence-electron chi connectivity index (χ2n) is 8.79. The Bertz CT molecular complexity index is 1170. The van der Waals surface area contributed by atoms with Gasteiger partial charge in [-0.3, -0.25) is 13.3 Å². The standard InChI is InChI=1S/C26H32N4O4S/c1-3-26(31)28-24-12-10-20-9-11-21(16-22(20)23(24)15-19-7-5-4-6-8-19)34-14-13-30(35(32)33)25-17-29(2)18-27-25/h4-9,11,16-18,23-24H,3,10,12-15H2,1-2H3,(H,28,31)(H,32,33)/p-1. The van der Waals surface area contributed by atoms with Crippen LogP contribution < -0.4 is 14.4 Å². The number of aromatic nitrogens is 2. The molecule has 1 amide bonds. The van der Waals surface area contributed by atoms with Crippen LogP contribution in [0.4, 0.5) is 5.82 Å². The third kappa shape index (κ3) is 6.29. The van der Waals surface area contributed by atoms with Gasteiger partial charge in [0.1, 0.15) is 12.4 Å². The molecule has 1 N–H and O–H groups in total. The van der Waals surface area contributed by atoms with Gasteiger partial charge in [-0.25, -0.2) is 4.98 Å². The first-order valence-corrected chi connectivity index (χ1v) is 12.9. The first kappa shape index (κ1) is 24.9. The first-order valence-electron chi connectivity index (χ1n) is 11.9. The Morgan fingerprint density at radius 3 is 2.77 bits per heavy atom. The summed E-state index contributed by atoms with van der Waals surface area (Å²) in [6.45, 7) is 2.20. The van der Waals surface area contributed by atoms with Crippen LogP contribution >= 0.6 is 0 Å². The van der Waals surface area contributed by atoms with E-state index in [0.29, 0.717) is 18.0 Å². The maximum absolute atomic E-state index is 12.2. The Morgan fingerprint density at radius 1 is 1.29 bits per heavy atom. The molecule has 3 unspecified atom stereocenters. The van der Waals surface area contributed by atoms with Crippen molar-refractivity contribution in [2.75, 3.05) is 17.5 Å². The maximum atomic E-state index is 12.2. The van der Waals surface area contributed by atoms with E-state index in [0.717, 1.165) is 19.3 Å². The topological polar surface area (TPSA) is 99.5 Å². The number of carbonyl (C=O) groups is 1. The Hall–Kier alpha value is -3.17. The van der Waals surface area contributed by atoms with Gasteiger partial charge in [-0.15, -0.1) is 0 Å². The van der Waals surface area contributed by atoms with Crippen LogP contribution in [0.3, 0.4) is 0 Å². The number of amides is 1. The van der Waals surface area contributed by atoms with Gasteiger partial charge in [0.2, 0.25) is 5.91 Å². The van der Waals surface area contributed by atoms with Gasteiger partial charge in [0.15, 0.2) is 5.82 Å². The lowest BCUT2D eigenvalue weighted by Crippen LogP contribution is -2.42. The zero-order chi connectivity index (χ0) is 24.8. The van der Waals surface area contributed by atoms with Crippen molar-refractivity contribution < 1.29 is 18.3 Å². The van der Waals surface area contributed by atoms with Crippen LogP contribution in [0.5, 0.6) is 5.75 Å². The average Bonchev–Trinajstić information content (AvgIpc) is 3.29. The summed E-state index contributed by atoms with van der Waals surface area (Å²) in [5.41, 5.74) is 3.65. The Balaban J connectivity index is 1.51. The van der Waals surface area contributed by atoms with E-state index in [1.54, 1.807) is 24.1 Å². The van der Waals surface area contributed by atoms with E-state index in [4.69, 9.17) is 4.74 Å². The Labute approximate surface area is 208 Å². The number of nitrogens with one attached hydrogen (secondary N) is 1. The minimum atomic E-state index is -2.45. The molecule has 4 rings (SSSR count). The predicted molar refractivity (Wildman–Crippen MR) is 135 cm³/mol. The van der Waals surface area contributed by atoms with Gasteiger partial charge in [0.05, 0.1) is 12.9 Å². The summed E-state index contributed by atoms with van der Waals surface area (Å²) >= 11 is -2.45. The molecule has 2 aromatic carbocycles. The minimum absolute atomic E-state index is 0.0490. The number of benzene rings is 2. The number of carbonyl (C=O) groups excluding carboxylic acids is 1. The normalized spacial score (nSPS) is 17.9. The van der Waals surface area contributed by atoms with Crippen molar-refractivity contribution in [3.05, 3.63) is 77.7 Å². The number of hydrogen-bond donors (Lipinski definition) is 1. The molecule has 0 bridgehead atoms. The van der Waals surface area contributed by atoms with Crippen LogP contribution in [0.15, 0.2) is 61.1 Å². The molecule has 9 heteroatoms. The SMILES string of the molecule is CCC(=O)NC1CCc2ccc(OCCN(c3cn(C)cn3)S(=O)[O-])cc2C1Cc1ccccc1. The number of ether oxygens (including phenoxy) is 1. The van der Waals surface area contributed by atoms with E-state index >= 15 is 0 Å². The second-order valence-corrected chi connectivity index (χ2v) is 9.66. The summed E-state index contributed by atoms with van der Waals surface area (Å²) in [6.07, 6.45) is 6.25. The highest BCUT2D eigenvalue weighted by Crippen LogP contribution is 2.37. The number of hydrogen-bond acceptors (Lipinski definition) is 5. The number of imidazole rings is 1. The van der Waals surface area contributed by atoms with Crippen LogP contribution in [0, 0.1) is 0 Å². The molecule has 35 heavy (non-hydrogen) atoms. The molecule has 186 valence electrons. The highest BCUT2D eigenvalue weighted by atomic mass is 32.2. The number of aryl methyl sites for hydroxylation is 2. The Kier molecular flexibility index (Phi) is 8.20. The summed E-state index contributed by atoms with van der Waals surface area (Å²) in [5.74, 6) is 1.22. The number of anilines is 1. The van der Waals surface area contributed by atoms with Gasteiger partial charge in [0, 0.05) is 42.9 Å². The molecule has 0 aliphatic heterocycles. The molecule has 1 heterocycles. The summed E-state index contributed by atoms with van der Waals surface area (Å²) in [4.78, 5) is 16.4. The fourth-order valence-electron chi connectivity index (χ4n) is 4.61. The monoisotopic (exact) mass is 495 g/mol. The number of rotatable bonds is 10. The van der Waals surface area contributed by atoms with Crippen LogP contribution in [0.25, 0.3) is 0 Å². The molecule has 1 aliphatic carbocycles. The third-order valence-corrected chi connectivity index (χ3v) is 7.11. The fourth-order valence-corrected chi connectivity index (χ4v) is 5.08. The van der Waals surface area contributed by atoms with Gasteiger partial charge < -0.3 is 19.2 Å². The molecule has 1 aliphatic rings. The van der Waals surface area contributed by atoms with Crippen molar-refractivity contribution in [3.63, 3.8) is 0 Å². The van der Waals surface area contributed by atoms with E-state index in [2.05, 4.69) is 28.5 Å². The molecule has 3 aromatic rings. The molecular formula is C26H31N4O4S-. The van der Waals surface area contributed by atoms with Crippen molar-refractivity contribution in [1.82, 2.24) is 14.9 Å². The van der Waals surface area contributed by atoms with Gasteiger partial charge in [-0.05, 0) is 48.1 Å². The van der Waals surface area contributed by atoms with E-state index in [9.17, 15) is 13.6 Å². The van der Waals surface area contributed by atoms with Gasteiger partial charge in [-0.2, -0.15) is 0 Å². The molecule has 0 radical (unpaired) electrons. The highest BCUT2D eigenvalue weighted by molar-refractivity contribution is 7.80. The fraction of sp³-hybridized carbons (Fsp3) is 0.385. The molecule has 1 aromatic heterocycles. The second kappa shape index (κ2) is 11.5. The Morgan fingerprint density at radius 2 is 2.09 bits per heavy atom. The zero-order valence-electron chi connectivity index (χ0n) is 20.1. The van der Waals surface area contributed by atoms with E-state index in [-0.39, 0.29) is 31.0 Å². The summed E-state index contributed by atoms with van der Waals surface area (Å²) in [5, 5.41) is 3.23. The predicted octanol–water partition coefficient (Wildman–Crippen LogP) is 3.27. The highest BCUT2D eigenvalue weighted by Gasteiger charge is 2.31. The van der Waals surface area contributed by atoms with Crippen molar-refractivity contribution in [1.29, 1.82) is 0 Å². The summed E-state index contributed by atoms with van der Waals surface area (Å²) in [7, 11) is 1.79. The van der Waals surface area contributed by atoms with Gasteiger partial charge in [-0.1, -0.05) is 43.3 Å². The molecule has 0 saturated heterocycles. The molecule has 3 atom stereocenters. The lowest BCUT2D eigenvalue weighted by atomic mass is 9.76. The quantitative estimate of drug-likeness (QED) is 0.435. The van der Waals surface area contributed by atoms with E-state index < -0.39 is 11.3 Å². The lowest BCUT2D eigenvalue weighted by Gasteiger charge is -2.35. The van der Waals surface area contributed by atoms with Crippen LogP contribution in [0.1, 0.15) is 42.4 Å². The molecular weight excluding hydrogens is 464 g/mol. The maximum Gasteiger partial charge on any atom is 0.219 e. The largest absolute Gasteiger partial charge is 0.755 e. The minimum Gasteiger partial charge on any atom is -0.755 e. The average molecular weight is 496 g/mol. The van der Waals surface area contributed by atoms with Crippen LogP contribution in [-0.2, 0) is 36.0 Å². The molecule has 0 spiro atoms. The van der Waals surface area contributed by atoms with Crippen molar-refractivity contribution in [3.8, 4) is 5.75 Å². The van der Waals surface area contributed by atoms with Crippen LogP contribution in [0.2, 0.25) is 0 Å². The third-order valence-electron chi connectivity index (χ3n) is 6.38. The first-order chi connectivity index (χ1) is 16.9. The molecule has 0 saturated carbocycles. The van der Waals surface area contributed by atoms with E-state index in [1.807, 2.05) is 37.3 Å². The van der Waals surface area contributed by atoms with Crippen molar-refractivity contribution in [2.24, 2.45) is 7.05 Å². The molecule has 0 fully saturated rings. The van der Waals surface area contributed by atoms with Gasteiger partial charge >= 0.3 is 0 Å². The zero-order valence-corrected chi connectivity index (χ0v) is 20.9. The summed E-state index contributed by atoms with van der Waals surface area (Å²) in [6, 6.07) is 16.4. The van der Waals surface area contributed by atoms with Crippen molar-refractivity contribution >= 4 is 23.0 Å². The lowest BCUT2D eigenvalue weighted by molar-refractivity contribution is -0.121. The smallest absolute Gasteiger partial charge is 0.219 e. The summed E-state index contributed by atoms with van der Waals surface area (Å²) < 4.78 is 32.2. The molecule has 8 nitrogen and oxygen atoms in total. The van der Waals surface area contributed by atoms with E-state index in [1.165, 1.54) is 21.0 Å². The van der Waals surface area contributed by atoms with Gasteiger partial charge in [0.25, 0.3) is 0 Å². The van der Waals surface area contributed by atoms with Crippen LogP contribution in [-0.4, -0.2) is 43.4 Å². The number of nitrogens with zero attached hydrogens (tertiary/aromatic N) is 3.